The van der Waals surface area contributed by atoms with Crippen molar-refractivity contribution in [2.45, 2.75) is 57.8 Å². The Hall–Kier alpha value is -1.66. The van der Waals surface area contributed by atoms with Gasteiger partial charge < -0.3 is 20.1 Å². The van der Waals surface area contributed by atoms with Gasteiger partial charge in [0.25, 0.3) is 0 Å². The Bertz CT molecular complexity index is 437. The summed E-state index contributed by atoms with van der Waals surface area (Å²) in [6.07, 6.45) is 12.4. The van der Waals surface area contributed by atoms with Crippen LogP contribution in [0.15, 0.2) is 25.3 Å². The maximum absolute atomic E-state index is 11.1. The Morgan fingerprint density at radius 2 is 1.25 bits per heavy atom. The fourth-order valence-corrected chi connectivity index (χ4v) is 3.44. The molecule has 0 unspecified atom stereocenters. The molecule has 1 fully saturated rings. The fourth-order valence-electron chi connectivity index (χ4n) is 3.44. The zero-order chi connectivity index (χ0) is 20.5. The second-order valence-corrected chi connectivity index (χ2v) is 7.57. The van der Waals surface area contributed by atoms with E-state index in [2.05, 4.69) is 23.8 Å². The first-order valence-electron chi connectivity index (χ1n) is 10.6. The molecule has 1 saturated carbocycles. The molecule has 1 aliphatic carbocycles. The second-order valence-electron chi connectivity index (χ2n) is 7.57. The normalized spacial score (nSPS) is 15.6. The molecule has 0 spiro atoms. The van der Waals surface area contributed by atoms with Gasteiger partial charge in [-0.25, -0.2) is 0 Å². The van der Waals surface area contributed by atoms with Gasteiger partial charge in [-0.05, 0) is 50.7 Å². The van der Waals surface area contributed by atoms with Crippen LogP contribution in [0.3, 0.4) is 0 Å². The van der Waals surface area contributed by atoms with Gasteiger partial charge in [-0.15, -0.1) is 0 Å². The molecule has 1 rings (SSSR count). The van der Waals surface area contributed by atoms with Crippen molar-refractivity contribution in [3.63, 3.8) is 0 Å². The van der Waals surface area contributed by atoms with E-state index in [1.165, 1.54) is 31.4 Å². The highest BCUT2D eigenvalue weighted by atomic mass is 16.5. The van der Waals surface area contributed by atoms with E-state index in [1.54, 1.807) is 0 Å². The Morgan fingerprint density at radius 3 is 1.68 bits per heavy atom. The van der Waals surface area contributed by atoms with Gasteiger partial charge in [0.15, 0.2) is 0 Å². The van der Waals surface area contributed by atoms with Crippen molar-refractivity contribution < 1.29 is 19.1 Å². The monoisotopic (exact) mass is 394 g/mol. The summed E-state index contributed by atoms with van der Waals surface area (Å²) in [6, 6.07) is 0. The number of carbonyl (C=O) groups is 2. The standard InChI is InChI=1S/C22H38N2O4/c1-3-20(25)23-14-8-10-16-27-18-22(12-6-5-7-13-22)19-28-17-11-9-15-24-21(26)4-2/h3-4H,1-2,5-19H2,(H,23,25)(H,24,26). The van der Waals surface area contributed by atoms with E-state index in [9.17, 15) is 9.59 Å². The van der Waals surface area contributed by atoms with Crippen LogP contribution in [0.25, 0.3) is 0 Å². The fraction of sp³-hybridized carbons (Fsp3) is 0.727. The number of nitrogens with one attached hydrogen (secondary N) is 2. The minimum atomic E-state index is -0.123. The summed E-state index contributed by atoms with van der Waals surface area (Å²) in [4.78, 5) is 22.2. The van der Waals surface area contributed by atoms with E-state index in [0.29, 0.717) is 26.3 Å². The highest BCUT2D eigenvalue weighted by Gasteiger charge is 2.32. The summed E-state index contributed by atoms with van der Waals surface area (Å²) in [6.45, 7) is 11.1. The molecule has 0 aliphatic heterocycles. The third kappa shape index (κ3) is 11.2. The molecule has 0 aromatic rings. The summed E-state index contributed by atoms with van der Waals surface area (Å²) < 4.78 is 11.9. The Balaban J connectivity index is 2.14. The lowest BCUT2D eigenvalue weighted by atomic mass is 9.75. The molecule has 0 heterocycles. The molecule has 160 valence electrons. The van der Waals surface area contributed by atoms with Crippen molar-refractivity contribution in [3.05, 3.63) is 25.3 Å². The molecule has 6 heteroatoms. The van der Waals surface area contributed by atoms with Gasteiger partial charge in [-0.2, -0.15) is 0 Å². The molecule has 2 N–H and O–H groups in total. The first kappa shape index (κ1) is 24.4. The third-order valence-electron chi connectivity index (χ3n) is 5.13. The van der Waals surface area contributed by atoms with Gasteiger partial charge in [-0.3, -0.25) is 9.59 Å². The molecule has 2 amide bonds. The number of unbranched alkanes of at least 4 members (excludes halogenated alkanes) is 2. The molecular weight excluding hydrogens is 356 g/mol. The topological polar surface area (TPSA) is 76.7 Å². The van der Waals surface area contributed by atoms with Crippen LogP contribution in [-0.4, -0.2) is 51.3 Å². The van der Waals surface area contributed by atoms with E-state index in [4.69, 9.17) is 9.47 Å². The quantitative estimate of drug-likeness (QED) is 0.311. The van der Waals surface area contributed by atoms with Gasteiger partial charge in [0.2, 0.25) is 11.8 Å². The molecule has 6 nitrogen and oxygen atoms in total. The van der Waals surface area contributed by atoms with Crippen LogP contribution in [-0.2, 0) is 19.1 Å². The van der Waals surface area contributed by atoms with Crippen LogP contribution in [0.4, 0.5) is 0 Å². The van der Waals surface area contributed by atoms with Crippen molar-refractivity contribution in [3.8, 4) is 0 Å². The Labute approximate surface area is 170 Å². The summed E-state index contributed by atoms with van der Waals surface area (Å²) in [5.41, 5.74) is 0.145. The molecule has 28 heavy (non-hydrogen) atoms. The number of hydrogen-bond donors (Lipinski definition) is 2. The molecule has 1 aliphatic rings. The van der Waals surface area contributed by atoms with Crippen molar-refractivity contribution in [1.29, 1.82) is 0 Å². The average molecular weight is 395 g/mol. The Kier molecular flexibility index (Phi) is 13.3. The van der Waals surface area contributed by atoms with E-state index in [-0.39, 0.29) is 17.2 Å². The number of ether oxygens (including phenoxy) is 2. The van der Waals surface area contributed by atoms with Crippen molar-refractivity contribution in [2.24, 2.45) is 5.41 Å². The number of amides is 2. The lowest BCUT2D eigenvalue weighted by molar-refractivity contribution is -0.117. The van der Waals surface area contributed by atoms with E-state index in [1.807, 2.05) is 0 Å². The lowest BCUT2D eigenvalue weighted by Gasteiger charge is -2.36. The summed E-state index contributed by atoms with van der Waals surface area (Å²) >= 11 is 0. The van der Waals surface area contributed by atoms with Gasteiger partial charge in [0.1, 0.15) is 0 Å². The summed E-state index contributed by atoms with van der Waals surface area (Å²) in [5.74, 6) is -0.246. The van der Waals surface area contributed by atoms with Crippen LogP contribution in [0.5, 0.6) is 0 Å². The molecule has 0 radical (unpaired) electrons. The van der Waals surface area contributed by atoms with Gasteiger partial charge >= 0.3 is 0 Å². The molecule has 0 aromatic carbocycles. The summed E-state index contributed by atoms with van der Waals surface area (Å²) in [7, 11) is 0. The maximum atomic E-state index is 11.1. The zero-order valence-corrected chi connectivity index (χ0v) is 17.3. The van der Waals surface area contributed by atoms with Crippen molar-refractivity contribution in [1.82, 2.24) is 10.6 Å². The predicted octanol–water partition coefficient (Wildman–Crippen LogP) is 3.13. The molecule has 0 aromatic heterocycles. The number of carbonyl (C=O) groups excluding carboxylic acids is 2. The molecular formula is C22H38N2O4. The first-order valence-corrected chi connectivity index (χ1v) is 10.6. The maximum Gasteiger partial charge on any atom is 0.243 e. The highest BCUT2D eigenvalue weighted by Crippen LogP contribution is 2.37. The molecule has 0 atom stereocenters. The minimum absolute atomic E-state index is 0.123. The zero-order valence-electron chi connectivity index (χ0n) is 17.3. The van der Waals surface area contributed by atoms with Crippen LogP contribution in [0, 0.1) is 5.41 Å². The number of hydrogen-bond acceptors (Lipinski definition) is 4. The largest absolute Gasteiger partial charge is 0.381 e. The smallest absolute Gasteiger partial charge is 0.243 e. The van der Waals surface area contributed by atoms with Gasteiger partial charge in [0.05, 0.1) is 13.2 Å². The van der Waals surface area contributed by atoms with Crippen LogP contribution >= 0.6 is 0 Å². The van der Waals surface area contributed by atoms with Crippen LogP contribution in [0.1, 0.15) is 57.8 Å². The molecule has 0 saturated heterocycles. The molecule has 0 bridgehead atoms. The average Bonchev–Trinajstić information content (AvgIpc) is 2.72. The second kappa shape index (κ2) is 15.3. The van der Waals surface area contributed by atoms with Gasteiger partial charge in [0, 0.05) is 31.7 Å². The SMILES string of the molecule is C=CC(=O)NCCCCOCC1(COCCCCNC(=O)C=C)CCCCC1. The van der Waals surface area contributed by atoms with E-state index < -0.39 is 0 Å². The van der Waals surface area contributed by atoms with Crippen molar-refractivity contribution >= 4 is 11.8 Å². The summed E-state index contributed by atoms with van der Waals surface area (Å²) in [5, 5.41) is 5.56. The highest BCUT2D eigenvalue weighted by molar-refractivity contribution is 5.87. The van der Waals surface area contributed by atoms with Crippen molar-refractivity contribution in [2.75, 3.05) is 39.5 Å². The van der Waals surface area contributed by atoms with Crippen LogP contribution in [0.2, 0.25) is 0 Å². The number of rotatable bonds is 16. The lowest BCUT2D eigenvalue weighted by Crippen LogP contribution is -2.35. The third-order valence-corrected chi connectivity index (χ3v) is 5.13. The minimum Gasteiger partial charge on any atom is -0.381 e. The first-order chi connectivity index (χ1) is 13.6. The van der Waals surface area contributed by atoms with Gasteiger partial charge in [-0.1, -0.05) is 32.4 Å². The Morgan fingerprint density at radius 1 is 0.786 bits per heavy atom. The van der Waals surface area contributed by atoms with Crippen LogP contribution < -0.4 is 10.6 Å². The predicted molar refractivity (Wildman–Crippen MR) is 112 cm³/mol. The van der Waals surface area contributed by atoms with E-state index in [0.717, 1.165) is 51.7 Å². The van der Waals surface area contributed by atoms with E-state index >= 15 is 0 Å².